The van der Waals surface area contributed by atoms with Gasteiger partial charge in [-0.3, -0.25) is 4.98 Å². The van der Waals surface area contributed by atoms with Crippen molar-refractivity contribution in [1.29, 1.82) is 0 Å². The van der Waals surface area contributed by atoms with Gasteiger partial charge >= 0.3 is 0 Å². The van der Waals surface area contributed by atoms with Crippen LogP contribution in [0.25, 0.3) is 0 Å². The van der Waals surface area contributed by atoms with Crippen LogP contribution in [0.3, 0.4) is 0 Å². The number of aromatic nitrogens is 2. The molecule has 72 valence electrons. The van der Waals surface area contributed by atoms with E-state index in [1.807, 2.05) is 20.8 Å². The SMILES string of the molecule is CC(C)(C)Oc1cncc(CCl)n1. The second kappa shape index (κ2) is 3.92. The van der Waals surface area contributed by atoms with Crippen molar-refractivity contribution >= 4 is 11.6 Å². The molecule has 4 heteroatoms. The van der Waals surface area contributed by atoms with Crippen LogP contribution in [0.4, 0.5) is 0 Å². The van der Waals surface area contributed by atoms with Crippen molar-refractivity contribution in [1.82, 2.24) is 9.97 Å². The van der Waals surface area contributed by atoms with E-state index in [2.05, 4.69) is 9.97 Å². The van der Waals surface area contributed by atoms with Gasteiger partial charge < -0.3 is 4.74 Å². The van der Waals surface area contributed by atoms with Gasteiger partial charge in [-0.25, -0.2) is 4.98 Å². The first-order valence-corrected chi connectivity index (χ1v) is 4.60. The molecule has 0 saturated carbocycles. The van der Waals surface area contributed by atoms with Gasteiger partial charge in [-0.2, -0.15) is 0 Å². The Kier molecular flexibility index (Phi) is 3.09. The van der Waals surface area contributed by atoms with Gasteiger partial charge in [0.15, 0.2) is 0 Å². The van der Waals surface area contributed by atoms with Gasteiger partial charge in [-0.05, 0) is 20.8 Å². The summed E-state index contributed by atoms with van der Waals surface area (Å²) in [7, 11) is 0. The van der Waals surface area contributed by atoms with Gasteiger partial charge in [0.25, 0.3) is 0 Å². The van der Waals surface area contributed by atoms with E-state index in [0.29, 0.717) is 11.8 Å². The molecule has 0 N–H and O–H groups in total. The summed E-state index contributed by atoms with van der Waals surface area (Å²) in [5, 5.41) is 0. The molecule has 0 bridgehead atoms. The topological polar surface area (TPSA) is 35.0 Å². The summed E-state index contributed by atoms with van der Waals surface area (Å²) in [5.41, 5.74) is 0.475. The van der Waals surface area contributed by atoms with Crippen molar-refractivity contribution in [3.63, 3.8) is 0 Å². The summed E-state index contributed by atoms with van der Waals surface area (Å²) in [6, 6.07) is 0. The van der Waals surface area contributed by atoms with Gasteiger partial charge in [-0.15, -0.1) is 11.6 Å². The van der Waals surface area contributed by atoms with E-state index in [1.165, 1.54) is 0 Å². The van der Waals surface area contributed by atoms with Crippen molar-refractivity contribution < 1.29 is 4.74 Å². The number of alkyl halides is 1. The molecule has 3 nitrogen and oxygen atoms in total. The molecule has 0 unspecified atom stereocenters. The van der Waals surface area contributed by atoms with Crippen LogP contribution in [0.5, 0.6) is 5.88 Å². The summed E-state index contributed by atoms with van der Waals surface area (Å²) in [6.45, 7) is 5.88. The number of nitrogens with zero attached hydrogens (tertiary/aromatic N) is 2. The number of hydrogen-bond acceptors (Lipinski definition) is 3. The highest BCUT2D eigenvalue weighted by Crippen LogP contribution is 2.14. The fourth-order valence-corrected chi connectivity index (χ4v) is 0.942. The van der Waals surface area contributed by atoms with Crippen LogP contribution < -0.4 is 4.74 Å². The molecule has 13 heavy (non-hydrogen) atoms. The molecule has 0 amide bonds. The van der Waals surface area contributed by atoms with Crippen LogP contribution in [0, 0.1) is 0 Å². The summed E-state index contributed by atoms with van der Waals surface area (Å²) in [6.07, 6.45) is 3.21. The molecular formula is C9H13ClN2O. The van der Waals surface area contributed by atoms with E-state index in [4.69, 9.17) is 16.3 Å². The van der Waals surface area contributed by atoms with E-state index in [9.17, 15) is 0 Å². The third-order valence-electron chi connectivity index (χ3n) is 1.21. The average molecular weight is 201 g/mol. The fraction of sp³-hybridized carbons (Fsp3) is 0.556. The van der Waals surface area contributed by atoms with Crippen molar-refractivity contribution in [3.8, 4) is 5.88 Å². The van der Waals surface area contributed by atoms with Crippen LogP contribution in [-0.2, 0) is 5.88 Å². The van der Waals surface area contributed by atoms with Crippen molar-refractivity contribution in [3.05, 3.63) is 18.1 Å². The van der Waals surface area contributed by atoms with E-state index >= 15 is 0 Å². The Bertz CT molecular complexity index is 283. The fourth-order valence-electron chi connectivity index (χ4n) is 0.814. The maximum Gasteiger partial charge on any atom is 0.233 e. The molecule has 0 aromatic carbocycles. The zero-order valence-corrected chi connectivity index (χ0v) is 8.80. The minimum atomic E-state index is -0.250. The lowest BCUT2D eigenvalue weighted by molar-refractivity contribution is 0.123. The normalized spacial score (nSPS) is 11.4. The van der Waals surface area contributed by atoms with Crippen LogP contribution in [0.1, 0.15) is 26.5 Å². The van der Waals surface area contributed by atoms with Gasteiger partial charge in [-0.1, -0.05) is 0 Å². The van der Waals surface area contributed by atoms with Crippen LogP contribution >= 0.6 is 11.6 Å². The maximum atomic E-state index is 5.61. The Hall–Kier alpha value is -0.830. The largest absolute Gasteiger partial charge is 0.471 e. The second-order valence-corrected chi connectivity index (χ2v) is 3.96. The molecule has 0 spiro atoms. The predicted molar refractivity (Wildman–Crippen MR) is 52.0 cm³/mol. The summed E-state index contributed by atoms with van der Waals surface area (Å²) < 4.78 is 5.51. The summed E-state index contributed by atoms with van der Waals surface area (Å²) >= 11 is 5.61. The molecule has 0 aliphatic heterocycles. The van der Waals surface area contributed by atoms with Crippen LogP contribution in [0.2, 0.25) is 0 Å². The smallest absolute Gasteiger partial charge is 0.233 e. The number of ether oxygens (including phenoxy) is 1. The van der Waals surface area contributed by atoms with E-state index in [-0.39, 0.29) is 5.60 Å². The predicted octanol–water partition coefficient (Wildman–Crippen LogP) is 2.39. The lowest BCUT2D eigenvalue weighted by atomic mass is 10.2. The number of rotatable bonds is 2. The monoisotopic (exact) mass is 200 g/mol. The zero-order valence-electron chi connectivity index (χ0n) is 8.04. The lowest BCUT2D eigenvalue weighted by Gasteiger charge is -2.19. The summed E-state index contributed by atoms with van der Waals surface area (Å²) in [5.74, 6) is 0.875. The zero-order chi connectivity index (χ0) is 9.90. The highest BCUT2D eigenvalue weighted by Gasteiger charge is 2.12. The maximum absolute atomic E-state index is 5.61. The second-order valence-electron chi connectivity index (χ2n) is 3.70. The molecule has 0 fully saturated rings. The molecule has 1 heterocycles. The van der Waals surface area contributed by atoms with E-state index < -0.39 is 0 Å². The van der Waals surface area contributed by atoms with E-state index in [1.54, 1.807) is 12.4 Å². The molecule has 1 aromatic rings. The summed E-state index contributed by atoms with van der Waals surface area (Å²) in [4.78, 5) is 8.13. The molecule has 0 radical (unpaired) electrons. The van der Waals surface area contributed by atoms with Crippen LogP contribution in [-0.4, -0.2) is 15.6 Å². The first-order valence-electron chi connectivity index (χ1n) is 4.07. The Morgan fingerprint density at radius 3 is 2.62 bits per heavy atom. The third-order valence-corrected chi connectivity index (χ3v) is 1.48. The van der Waals surface area contributed by atoms with Gasteiger partial charge in [0.05, 0.1) is 17.8 Å². The van der Waals surface area contributed by atoms with Gasteiger partial charge in [0.1, 0.15) is 5.60 Å². The molecular weight excluding hydrogens is 188 g/mol. The first-order chi connectivity index (χ1) is 6.01. The highest BCUT2D eigenvalue weighted by atomic mass is 35.5. The van der Waals surface area contributed by atoms with Crippen molar-refractivity contribution in [2.45, 2.75) is 32.3 Å². The average Bonchev–Trinajstić information content (AvgIpc) is 2.01. The molecule has 0 aliphatic carbocycles. The van der Waals surface area contributed by atoms with Gasteiger partial charge in [0, 0.05) is 6.20 Å². The Morgan fingerprint density at radius 2 is 2.08 bits per heavy atom. The minimum absolute atomic E-state index is 0.250. The molecule has 0 atom stereocenters. The van der Waals surface area contributed by atoms with Crippen LogP contribution in [0.15, 0.2) is 12.4 Å². The Balaban J connectivity index is 2.78. The number of halogens is 1. The molecule has 0 aliphatic rings. The quantitative estimate of drug-likeness (QED) is 0.688. The third kappa shape index (κ3) is 3.59. The van der Waals surface area contributed by atoms with Gasteiger partial charge in [0.2, 0.25) is 5.88 Å². The van der Waals surface area contributed by atoms with E-state index in [0.717, 1.165) is 5.69 Å². The van der Waals surface area contributed by atoms with Crippen molar-refractivity contribution in [2.24, 2.45) is 0 Å². The number of hydrogen-bond donors (Lipinski definition) is 0. The molecule has 1 aromatic heterocycles. The van der Waals surface area contributed by atoms with Crippen molar-refractivity contribution in [2.75, 3.05) is 0 Å². The lowest BCUT2D eigenvalue weighted by Crippen LogP contribution is -2.23. The Morgan fingerprint density at radius 1 is 1.38 bits per heavy atom. The molecule has 0 saturated heterocycles. The Labute approximate surface area is 83.1 Å². The first kappa shape index (κ1) is 10.3. The minimum Gasteiger partial charge on any atom is -0.471 e. The highest BCUT2D eigenvalue weighted by molar-refractivity contribution is 6.16. The standard InChI is InChI=1S/C9H13ClN2O/c1-9(2,3)13-8-6-11-5-7(4-10)12-8/h5-6H,4H2,1-3H3. The molecule has 1 rings (SSSR count).